The van der Waals surface area contributed by atoms with Crippen LogP contribution in [0.25, 0.3) is 0 Å². The Hall–Kier alpha value is -1.96. The molecule has 0 atom stereocenters. The van der Waals surface area contributed by atoms with Crippen LogP contribution in [0.2, 0.25) is 4.34 Å². The summed E-state index contributed by atoms with van der Waals surface area (Å²) in [6.45, 7) is 0.309. The van der Waals surface area contributed by atoms with Gasteiger partial charge in [0.2, 0.25) is 0 Å². The van der Waals surface area contributed by atoms with E-state index >= 15 is 0 Å². The van der Waals surface area contributed by atoms with Gasteiger partial charge in [0.15, 0.2) is 0 Å². The highest BCUT2D eigenvalue weighted by atomic mass is 35.5. The van der Waals surface area contributed by atoms with Crippen LogP contribution in [0.15, 0.2) is 36.4 Å². The van der Waals surface area contributed by atoms with Crippen molar-refractivity contribution in [1.82, 2.24) is 5.32 Å². The first-order chi connectivity index (χ1) is 10.1. The van der Waals surface area contributed by atoms with E-state index in [0.29, 0.717) is 15.8 Å². The molecule has 0 unspecified atom stereocenters. The van der Waals surface area contributed by atoms with Crippen molar-refractivity contribution in [3.05, 3.63) is 51.2 Å². The van der Waals surface area contributed by atoms with E-state index in [4.69, 9.17) is 11.6 Å². The van der Waals surface area contributed by atoms with Crippen LogP contribution in [-0.4, -0.2) is 26.5 Å². The number of carbonyl (C=O) groups is 1. The zero-order valence-corrected chi connectivity index (χ0v) is 13.4. The first-order valence-electron chi connectivity index (χ1n) is 6.36. The van der Waals surface area contributed by atoms with Gasteiger partial charge in [-0.2, -0.15) is 0 Å². The molecular weight excluding hydrogens is 304 g/mol. The minimum Gasteiger partial charge on any atom is -0.378 e. The predicted octanol–water partition coefficient (Wildman–Crippen LogP) is 3.25. The van der Waals surface area contributed by atoms with Crippen molar-refractivity contribution in [2.45, 2.75) is 0 Å². The van der Waals surface area contributed by atoms with E-state index in [-0.39, 0.29) is 5.91 Å². The maximum absolute atomic E-state index is 11.8. The molecule has 1 heterocycles. The molecule has 1 aromatic heterocycles. The summed E-state index contributed by atoms with van der Waals surface area (Å²) in [5, 5.41) is 2.74. The van der Waals surface area contributed by atoms with Gasteiger partial charge in [-0.25, -0.2) is 0 Å². The number of halogens is 1. The Morgan fingerprint density at radius 2 is 1.95 bits per heavy atom. The second-order valence-corrected chi connectivity index (χ2v) is 6.24. The van der Waals surface area contributed by atoms with Gasteiger partial charge in [0.05, 0.1) is 15.8 Å². The smallest absolute Gasteiger partial charge is 0.262 e. The maximum Gasteiger partial charge on any atom is 0.262 e. The Bertz CT molecular complexity index is 680. The lowest BCUT2D eigenvalue weighted by atomic mass is 10.2. The van der Waals surface area contributed by atoms with E-state index in [1.54, 1.807) is 12.1 Å². The van der Waals surface area contributed by atoms with Crippen LogP contribution in [-0.2, 0) is 0 Å². The molecular formula is C16H15ClN2OS. The number of benzene rings is 1. The van der Waals surface area contributed by atoms with Crippen molar-refractivity contribution in [2.24, 2.45) is 0 Å². The molecule has 0 fully saturated rings. The van der Waals surface area contributed by atoms with E-state index in [0.717, 1.165) is 11.3 Å². The molecule has 0 saturated heterocycles. The van der Waals surface area contributed by atoms with Gasteiger partial charge in [0, 0.05) is 25.3 Å². The Morgan fingerprint density at radius 1 is 1.24 bits per heavy atom. The quantitative estimate of drug-likeness (QED) is 0.881. The molecule has 1 amide bonds. The average Bonchev–Trinajstić information content (AvgIpc) is 2.90. The van der Waals surface area contributed by atoms with Crippen LogP contribution in [0.4, 0.5) is 5.69 Å². The molecule has 1 aromatic carbocycles. The Morgan fingerprint density at radius 3 is 2.52 bits per heavy atom. The van der Waals surface area contributed by atoms with Crippen LogP contribution >= 0.6 is 22.9 Å². The van der Waals surface area contributed by atoms with E-state index in [1.807, 2.05) is 43.3 Å². The molecule has 0 radical (unpaired) electrons. The summed E-state index contributed by atoms with van der Waals surface area (Å²) in [5.41, 5.74) is 2.05. The molecule has 108 valence electrons. The number of hydrogen-bond acceptors (Lipinski definition) is 3. The standard InChI is InChI=1S/C16H15ClN2OS/c1-19(2)13-7-5-12(6-8-13)4-3-11-18-16(20)14-9-10-15(17)21-14/h5-10H,11H2,1-2H3,(H,18,20). The summed E-state index contributed by atoms with van der Waals surface area (Å²) < 4.78 is 0.604. The molecule has 0 bridgehead atoms. The minimum absolute atomic E-state index is 0.149. The molecule has 0 aliphatic carbocycles. The predicted molar refractivity (Wildman–Crippen MR) is 89.3 cm³/mol. The van der Waals surface area contributed by atoms with Crippen molar-refractivity contribution in [2.75, 3.05) is 25.5 Å². The first-order valence-corrected chi connectivity index (χ1v) is 7.55. The molecule has 21 heavy (non-hydrogen) atoms. The fourth-order valence-corrected chi connectivity index (χ4v) is 2.60. The van der Waals surface area contributed by atoms with Crippen molar-refractivity contribution < 1.29 is 4.79 Å². The van der Waals surface area contributed by atoms with Gasteiger partial charge in [-0.15, -0.1) is 11.3 Å². The average molecular weight is 319 g/mol. The minimum atomic E-state index is -0.149. The van der Waals surface area contributed by atoms with Crippen LogP contribution < -0.4 is 10.2 Å². The lowest BCUT2D eigenvalue weighted by Gasteiger charge is -2.11. The van der Waals surface area contributed by atoms with E-state index < -0.39 is 0 Å². The van der Waals surface area contributed by atoms with Gasteiger partial charge in [0.25, 0.3) is 5.91 Å². The molecule has 0 aliphatic heterocycles. The van der Waals surface area contributed by atoms with Crippen LogP contribution in [0.5, 0.6) is 0 Å². The second kappa shape index (κ2) is 7.16. The number of nitrogens with zero attached hydrogens (tertiary/aromatic N) is 1. The van der Waals surface area contributed by atoms with Gasteiger partial charge in [0.1, 0.15) is 0 Å². The van der Waals surface area contributed by atoms with E-state index in [2.05, 4.69) is 17.2 Å². The highest BCUT2D eigenvalue weighted by Crippen LogP contribution is 2.20. The monoisotopic (exact) mass is 318 g/mol. The highest BCUT2D eigenvalue weighted by Gasteiger charge is 2.06. The van der Waals surface area contributed by atoms with E-state index in [9.17, 15) is 4.79 Å². The first kappa shape index (κ1) is 15.4. The molecule has 1 N–H and O–H groups in total. The van der Waals surface area contributed by atoms with Crippen molar-refractivity contribution in [3.8, 4) is 11.8 Å². The van der Waals surface area contributed by atoms with Gasteiger partial charge < -0.3 is 10.2 Å². The summed E-state index contributed by atoms with van der Waals surface area (Å²) in [5.74, 6) is 5.80. The molecule has 2 rings (SSSR count). The lowest BCUT2D eigenvalue weighted by molar-refractivity contribution is 0.0962. The summed E-state index contributed by atoms with van der Waals surface area (Å²) in [4.78, 5) is 14.4. The van der Waals surface area contributed by atoms with Crippen LogP contribution in [0, 0.1) is 11.8 Å². The number of anilines is 1. The Balaban J connectivity index is 1.87. The highest BCUT2D eigenvalue weighted by molar-refractivity contribution is 7.17. The maximum atomic E-state index is 11.8. The fraction of sp³-hybridized carbons (Fsp3) is 0.188. The third-order valence-electron chi connectivity index (χ3n) is 2.75. The zero-order valence-electron chi connectivity index (χ0n) is 11.8. The molecule has 0 saturated carbocycles. The van der Waals surface area contributed by atoms with Gasteiger partial charge in [-0.05, 0) is 36.4 Å². The number of amides is 1. The van der Waals surface area contributed by atoms with E-state index in [1.165, 1.54) is 11.3 Å². The summed E-state index contributed by atoms with van der Waals surface area (Å²) in [6, 6.07) is 11.4. The Kier molecular flexibility index (Phi) is 5.26. The normalized spacial score (nSPS) is 9.67. The fourth-order valence-electron chi connectivity index (χ4n) is 1.64. The lowest BCUT2D eigenvalue weighted by Crippen LogP contribution is -2.22. The number of nitrogens with one attached hydrogen (secondary N) is 1. The number of carbonyl (C=O) groups excluding carboxylic acids is 1. The second-order valence-electron chi connectivity index (χ2n) is 4.53. The van der Waals surface area contributed by atoms with Crippen LogP contribution in [0.1, 0.15) is 15.2 Å². The molecule has 5 heteroatoms. The SMILES string of the molecule is CN(C)c1ccc(C#CCNC(=O)c2ccc(Cl)s2)cc1. The topological polar surface area (TPSA) is 32.3 Å². The van der Waals surface area contributed by atoms with Gasteiger partial charge in [-0.1, -0.05) is 23.4 Å². The molecule has 0 aliphatic rings. The summed E-state index contributed by atoms with van der Waals surface area (Å²) in [6.07, 6.45) is 0. The molecule has 3 nitrogen and oxygen atoms in total. The summed E-state index contributed by atoms with van der Waals surface area (Å²) >= 11 is 7.04. The Labute approximate surface area is 133 Å². The number of thiophene rings is 1. The van der Waals surface area contributed by atoms with Gasteiger partial charge in [-0.3, -0.25) is 4.79 Å². The molecule has 0 spiro atoms. The number of hydrogen-bond donors (Lipinski definition) is 1. The third kappa shape index (κ3) is 4.52. The molecule has 2 aromatic rings. The van der Waals surface area contributed by atoms with Gasteiger partial charge >= 0.3 is 0 Å². The van der Waals surface area contributed by atoms with Crippen molar-refractivity contribution in [1.29, 1.82) is 0 Å². The zero-order chi connectivity index (χ0) is 15.2. The third-order valence-corrected chi connectivity index (χ3v) is 3.98. The van der Waals surface area contributed by atoms with Crippen LogP contribution in [0.3, 0.4) is 0 Å². The summed E-state index contributed by atoms with van der Waals surface area (Å²) in [7, 11) is 3.99. The number of rotatable bonds is 3. The van der Waals surface area contributed by atoms with Crippen molar-refractivity contribution in [3.63, 3.8) is 0 Å². The largest absolute Gasteiger partial charge is 0.378 e. The van der Waals surface area contributed by atoms with Crippen molar-refractivity contribution >= 4 is 34.5 Å².